The van der Waals surface area contributed by atoms with Gasteiger partial charge in [-0.25, -0.2) is 8.42 Å². The molecule has 1 spiro atoms. The maximum absolute atomic E-state index is 14.2. The molecule has 3 aromatic rings. The molecule has 1 atom stereocenters. The Morgan fingerprint density at radius 3 is 2.35 bits per heavy atom. The molecule has 1 saturated heterocycles. The second kappa shape index (κ2) is 7.81. The molecule has 0 bridgehead atoms. The SMILES string of the molecule is CCc1ccc(N2C(=O)CS(=O)(=O)[C@@]23C(=O)N(Cc2cc(C)ccc2C)c2ccccc23)cc1. The van der Waals surface area contributed by atoms with Gasteiger partial charge in [-0.3, -0.25) is 14.5 Å². The summed E-state index contributed by atoms with van der Waals surface area (Å²) in [5.41, 5.74) is 5.30. The highest BCUT2D eigenvalue weighted by Crippen LogP contribution is 2.52. The van der Waals surface area contributed by atoms with E-state index in [1.54, 1.807) is 36.4 Å². The van der Waals surface area contributed by atoms with Crippen LogP contribution in [0.5, 0.6) is 0 Å². The zero-order chi connectivity index (χ0) is 24.3. The molecule has 2 amide bonds. The fourth-order valence-electron chi connectivity index (χ4n) is 5.07. The highest BCUT2D eigenvalue weighted by molar-refractivity contribution is 7.94. The van der Waals surface area contributed by atoms with E-state index in [0.717, 1.165) is 28.7 Å². The molecule has 0 unspecified atom stereocenters. The predicted molar refractivity (Wildman–Crippen MR) is 132 cm³/mol. The van der Waals surface area contributed by atoms with E-state index in [2.05, 4.69) is 0 Å². The Labute approximate surface area is 199 Å². The van der Waals surface area contributed by atoms with Crippen molar-refractivity contribution in [2.24, 2.45) is 0 Å². The standard InChI is InChI=1S/C27H26N2O4S/c1-4-20-11-13-22(14-12-20)29-25(30)17-34(32,33)27(29)23-7-5-6-8-24(23)28(26(27)31)16-21-15-18(2)9-10-19(21)3/h5-15H,4,16-17H2,1-3H3/t27-/m0/s1. The summed E-state index contributed by atoms with van der Waals surface area (Å²) in [7, 11) is -4.17. The van der Waals surface area contributed by atoms with Crippen LogP contribution in [0.2, 0.25) is 0 Å². The van der Waals surface area contributed by atoms with Gasteiger partial charge in [0.1, 0.15) is 5.75 Å². The summed E-state index contributed by atoms with van der Waals surface area (Å²) in [5.74, 6) is -1.92. The fraction of sp³-hybridized carbons (Fsp3) is 0.259. The van der Waals surface area contributed by atoms with E-state index < -0.39 is 32.3 Å². The van der Waals surface area contributed by atoms with Crippen molar-refractivity contribution in [3.63, 3.8) is 0 Å². The second-order valence-electron chi connectivity index (χ2n) is 8.99. The number of benzene rings is 3. The third-order valence-corrected chi connectivity index (χ3v) is 8.96. The smallest absolute Gasteiger partial charge is 0.274 e. The maximum Gasteiger partial charge on any atom is 0.274 e. The van der Waals surface area contributed by atoms with Gasteiger partial charge >= 0.3 is 0 Å². The third kappa shape index (κ3) is 3.03. The van der Waals surface area contributed by atoms with Crippen LogP contribution in [0.25, 0.3) is 0 Å². The summed E-state index contributed by atoms with van der Waals surface area (Å²) in [6, 6.07) is 20.1. The molecule has 2 aliphatic heterocycles. The Balaban J connectivity index is 1.72. The molecule has 2 aliphatic rings. The van der Waals surface area contributed by atoms with Crippen molar-refractivity contribution in [1.29, 1.82) is 0 Å². The number of aryl methyl sites for hydroxylation is 3. The van der Waals surface area contributed by atoms with Crippen molar-refractivity contribution in [2.75, 3.05) is 15.6 Å². The van der Waals surface area contributed by atoms with Crippen LogP contribution in [0.3, 0.4) is 0 Å². The van der Waals surface area contributed by atoms with Gasteiger partial charge in [0.2, 0.25) is 5.91 Å². The Kier molecular flexibility index (Phi) is 5.13. The molecule has 3 aromatic carbocycles. The van der Waals surface area contributed by atoms with E-state index in [0.29, 0.717) is 16.9 Å². The van der Waals surface area contributed by atoms with E-state index in [9.17, 15) is 18.0 Å². The van der Waals surface area contributed by atoms with E-state index in [1.165, 1.54) is 9.80 Å². The summed E-state index contributed by atoms with van der Waals surface area (Å²) in [6.45, 7) is 6.18. The molecule has 6 nitrogen and oxygen atoms in total. The largest absolute Gasteiger partial charge is 0.304 e. The van der Waals surface area contributed by atoms with Crippen LogP contribution in [0.4, 0.5) is 11.4 Å². The lowest BCUT2D eigenvalue weighted by Crippen LogP contribution is -2.54. The molecule has 5 rings (SSSR count). The number of rotatable bonds is 4. The van der Waals surface area contributed by atoms with E-state index in [4.69, 9.17) is 0 Å². The van der Waals surface area contributed by atoms with Crippen LogP contribution in [-0.4, -0.2) is 26.0 Å². The lowest BCUT2D eigenvalue weighted by atomic mass is 10.0. The predicted octanol–water partition coefficient (Wildman–Crippen LogP) is 4.03. The molecule has 0 N–H and O–H groups in total. The van der Waals surface area contributed by atoms with Crippen molar-refractivity contribution in [3.05, 3.63) is 94.5 Å². The number of carbonyl (C=O) groups is 2. The number of hydrogen-bond donors (Lipinski definition) is 0. The number of hydrogen-bond acceptors (Lipinski definition) is 4. The highest BCUT2D eigenvalue weighted by atomic mass is 32.2. The van der Waals surface area contributed by atoms with Gasteiger partial charge in [0.05, 0.1) is 12.2 Å². The molecular formula is C27H26N2O4S. The lowest BCUT2D eigenvalue weighted by molar-refractivity contribution is -0.123. The Bertz CT molecular complexity index is 1430. The molecule has 0 radical (unpaired) electrons. The quantitative estimate of drug-likeness (QED) is 0.572. The summed E-state index contributed by atoms with van der Waals surface area (Å²) in [4.78, 5) is 28.0. The number of carbonyl (C=O) groups excluding carboxylic acids is 2. The first kappa shape index (κ1) is 22.3. The van der Waals surface area contributed by atoms with E-state index in [-0.39, 0.29) is 6.54 Å². The van der Waals surface area contributed by atoms with Gasteiger partial charge in [-0.05, 0) is 55.2 Å². The van der Waals surface area contributed by atoms with Crippen LogP contribution in [0, 0.1) is 13.8 Å². The van der Waals surface area contributed by atoms with Gasteiger partial charge in [-0.15, -0.1) is 0 Å². The summed E-state index contributed by atoms with van der Waals surface area (Å²) in [5, 5.41) is 0. The first-order valence-corrected chi connectivity index (χ1v) is 13.0. The van der Waals surface area contributed by atoms with Crippen molar-refractivity contribution in [2.45, 2.75) is 38.6 Å². The number of nitrogens with zero attached hydrogens (tertiary/aromatic N) is 2. The number of fused-ring (bicyclic) bond motifs is 2. The van der Waals surface area contributed by atoms with Crippen LogP contribution < -0.4 is 9.80 Å². The molecular weight excluding hydrogens is 448 g/mol. The Hall–Kier alpha value is -3.45. The summed E-state index contributed by atoms with van der Waals surface area (Å²) < 4.78 is 27.4. The zero-order valence-corrected chi connectivity index (χ0v) is 20.2. The van der Waals surface area contributed by atoms with Crippen molar-refractivity contribution < 1.29 is 18.0 Å². The van der Waals surface area contributed by atoms with Gasteiger partial charge in [0.15, 0.2) is 9.84 Å². The van der Waals surface area contributed by atoms with Gasteiger partial charge in [0.25, 0.3) is 10.8 Å². The van der Waals surface area contributed by atoms with E-state index >= 15 is 0 Å². The van der Waals surface area contributed by atoms with Crippen LogP contribution in [0.15, 0.2) is 66.7 Å². The number of para-hydroxylation sites is 1. The average Bonchev–Trinajstić information content (AvgIpc) is 3.19. The molecule has 0 aromatic heterocycles. The van der Waals surface area contributed by atoms with Crippen molar-refractivity contribution in [1.82, 2.24) is 0 Å². The van der Waals surface area contributed by atoms with Crippen molar-refractivity contribution >= 4 is 33.0 Å². The minimum Gasteiger partial charge on any atom is -0.304 e. The number of sulfone groups is 1. The molecule has 34 heavy (non-hydrogen) atoms. The topological polar surface area (TPSA) is 74.8 Å². The molecule has 174 valence electrons. The summed E-state index contributed by atoms with van der Waals surface area (Å²) >= 11 is 0. The fourth-order valence-corrected chi connectivity index (χ4v) is 7.10. The molecule has 2 heterocycles. The Morgan fingerprint density at radius 2 is 1.65 bits per heavy atom. The van der Waals surface area contributed by atoms with Gasteiger partial charge < -0.3 is 4.90 Å². The normalized spacial score (nSPS) is 20.9. The molecule has 0 saturated carbocycles. The van der Waals surface area contributed by atoms with Gasteiger partial charge in [-0.1, -0.05) is 61.0 Å². The summed E-state index contributed by atoms with van der Waals surface area (Å²) in [6.07, 6.45) is 0.809. The van der Waals surface area contributed by atoms with Crippen LogP contribution >= 0.6 is 0 Å². The zero-order valence-electron chi connectivity index (χ0n) is 19.4. The first-order valence-electron chi connectivity index (χ1n) is 11.3. The maximum atomic E-state index is 14.2. The number of amides is 2. The van der Waals surface area contributed by atoms with Crippen LogP contribution in [-0.2, 0) is 37.3 Å². The van der Waals surface area contributed by atoms with Crippen molar-refractivity contribution in [3.8, 4) is 0 Å². The molecule has 7 heteroatoms. The minimum atomic E-state index is -4.17. The molecule has 1 fully saturated rings. The third-order valence-electron chi connectivity index (χ3n) is 6.86. The highest BCUT2D eigenvalue weighted by Gasteiger charge is 2.69. The Morgan fingerprint density at radius 1 is 0.941 bits per heavy atom. The average molecular weight is 475 g/mol. The minimum absolute atomic E-state index is 0.220. The van der Waals surface area contributed by atoms with E-state index in [1.807, 2.05) is 51.1 Å². The monoisotopic (exact) mass is 474 g/mol. The second-order valence-corrected chi connectivity index (χ2v) is 11.1. The molecule has 0 aliphatic carbocycles. The lowest BCUT2D eigenvalue weighted by Gasteiger charge is -2.32. The first-order chi connectivity index (χ1) is 16.2. The van der Waals surface area contributed by atoms with Gasteiger partial charge in [0, 0.05) is 11.3 Å². The number of anilines is 2. The van der Waals surface area contributed by atoms with Gasteiger partial charge in [-0.2, -0.15) is 0 Å². The van der Waals surface area contributed by atoms with Crippen LogP contribution in [0.1, 0.15) is 34.7 Å².